The number of benzene rings is 2. The van der Waals surface area contributed by atoms with Crippen LogP contribution in [0.5, 0.6) is 5.75 Å². The highest BCUT2D eigenvalue weighted by Gasteiger charge is 2.41. The van der Waals surface area contributed by atoms with Crippen molar-refractivity contribution in [1.29, 1.82) is 0 Å². The second kappa shape index (κ2) is 36.1. The predicted molar refractivity (Wildman–Crippen MR) is 324 cm³/mol. The summed E-state index contributed by atoms with van der Waals surface area (Å²) in [5, 5.41) is 52.3. The highest BCUT2D eigenvalue weighted by molar-refractivity contribution is 7.80. The van der Waals surface area contributed by atoms with Crippen LogP contribution in [0.2, 0.25) is 0 Å². The van der Waals surface area contributed by atoms with Gasteiger partial charge in [0.15, 0.2) is 5.96 Å². The van der Waals surface area contributed by atoms with Crippen molar-refractivity contribution in [3.63, 3.8) is 0 Å². The molecule has 486 valence electrons. The second-order valence-corrected chi connectivity index (χ2v) is 22.0. The summed E-state index contributed by atoms with van der Waals surface area (Å²) in [5.41, 5.74) is 18.1. The number of carboxylic acids is 2. The number of amides is 10. The quantitative estimate of drug-likeness (QED) is 0.0115. The lowest BCUT2D eigenvalue weighted by Crippen LogP contribution is -2.62. The van der Waals surface area contributed by atoms with Gasteiger partial charge in [-0.3, -0.25) is 57.7 Å². The van der Waals surface area contributed by atoms with Gasteiger partial charge >= 0.3 is 11.9 Å². The molecule has 0 saturated carbocycles. The summed E-state index contributed by atoms with van der Waals surface area (Å²) < 4.78 is 0. The van der Waals surface area contributed by atoms with Crippen LogP contribution in [-0.2, 0) is 76.8 Å². The van der Waals surface area contributed by atoms with Crippen molar-refractivity contribution in [2.45, 2.75) is 140 Å². The smallest absolute Gasteiger partial charge is 0.326 e. The molecule has 1 aliphatic heterocycles. The van der Waals surface area contributed by atoms with Gasteiger partial charge in [0.2, 0.25) is 59.1 Å². The van der Waals surface area contributed by atoms with Crippen molar-refractivity contribution in [1.82, 2.24) is 62.7 Å². The van der Waals surface area contributed by atoms with Gasteiger partial charge in [0.1, 0.15) is 54.1 Å². The van der Waals surface area contributed by atoms with Gasteiger partial charge in [-0.15, -0.1) is 0 Å². The van der Waals surface area contributed by atoms with E-state index < -0.39 is 157 Å². The topological polar surface area (TPSA) is 496 Å². The van der Waals surface area contributed by atoms with E-state index in [1.54, 1.807) is 58.0 Å². The molecule has 0 aliphatic carbocycles. The molecule has 0 radical (unpaired) electrons. The number of aliphatic carboxylic acids is 2. The Balaban J connectivity index is 1.58. The Labute approximate surface area is 518 Å². The lowest BCUT2D eigenvalue weighted by Gasteiger charge is -2.32. The van der Waals surface area contributed by atoms with E-state index in [-0.39, 0.29) is 69.1 Å². The number of thiol groups is 1. The standard InChI is InChI=1S/C57H82N16O15S/c1-5-31(4)47(54(85)69-40(23-34-25-61-29-65-34)55(86)73-20-10-14-42(73)52(83)70-41(56(87)88)22-32-11-7-6-8-12-32)72-51(82)38(21-33-15-17-35(74)18-16-33)68-53(84)46(30(2)3)71-49(80)37(13-9-19-62-57(59)60)67-50(81)39(24-45(77)78)66-44(76)27-63-43(75)26-64-48(79)36(58)28-89/h6-8,11-12,15-18,25,29-31,36-42,46-47,74,89H,5,9-10,13-14,19-24,26-28,58H2,1-4H3,(H,61,65)(H,63,75)(H,64,79)(H,66,76)(H,67,81)(H,68,84)(H,69,85)(H,70,83)(H,71,80)(H,72,82)(H,77,78)(H,87,88)(H4,59,60,62)/t31-,36-,37-,38-,39-,40-,41-,42-,46-,47-/m0/s1. The summed E-state index contributed by atoms with van der Waals surface area (Å²) in [7, 11) is 0. The fourth-order valence-corrected chi connectivity index (χ4v) is 9.44. The molecule has 10 amide bonds. The number of likely N-dealkylation sites (tertiary alicyclic amines) is 1. The van der Waals surface area contributed by atoms with E-state index in [1.165, 1.54) is 41.7 Å². The van der Waals surface area contributed by atoms with E-state index in [4.69, 9.17) is 17.2 Å². The number of nitrogens with one attached hydrogen (secondary N) is 10. The zero-order chi connectivity index (χ0) is 65.9. The number of phenols is 1. The number of nitrogens with two attached hydrogens (primary N) is 3. The van der Waals surface area contributed by atoms with Gasteiger partial charge < -0.3 is 90.3 Å². The SMILES string of the molecule is CC[C@H](C)[C@H](NC(=O)[C@H](Cc1ccc(O)cc1)NC(=O)[C@@H](NC(=O)[C@H](CCCN=C(N)N)NC(=O)[C@H](CC(=O)O)NC(=O)CNC(=O)CNC(=O)[C@@H](N)CS)C(C)C)C(=O)N[C@@H](Cc1cnc[nH]1)C(=O)N1CCC[C@H]1C(=O)N[C@@H](Cc1ccccc1)C(=O)O. The Bertz CT molecular complexity index is 2950. The van der Waals surface area contributed by atoms with Crippen molar-refractivity contribution in [3.8, 4) is 5.75 Å². The number of imidazole rings is 1. The molecule has 89 heavy (non-hydrogen) atoms. The van der Waals surface area contributed by atoms with E-state index in [2.05, 4.69) is 75.4 Å². The number of guanidine groups is 1. The van der Waals surface area contributed by atoms with Crippen LogP contribution in [0.15, 0.2) is 72.1 Å². The maximum Gasteiger partial charge on any atom is 0.326 e. The van der Waals surface area contributed by atoms with Crippen LogP contribution in [0.3, 0.4) is 0 Å². The van der Waals surface area contributed by atoms with E-state index in [1.807, 2.05) is 0 Å². The molecule has 3 aromatic rings. The van der Waals surface area contributed by atoms with E-state index in [9.17, 15) is 72.9 Å². The van der Waals surface area contributed by atoms with Gasteiger partial charge in [0, 0.05) is 50.0 Å². The minimum atomic E-state index is -1.83. The fraction of sp³-hybridized carbons (Fsp3) is 0.509. The van der Waals surface area contributed by atoms with E-state index >= 15 is 0 Å². The second-order valence-electron chi connectivity index (χ2n) is 21.7. The number of carbonyl (C=O) groups excluding carboxylic acids is 10. The van der Waals surface area contributed by atoms with Crippen LogP contribution in [0, 0.1) is 11.8 Å². The lowest BCUT2D eigenvalue weighted by molar-refractivity contribution is -0.145. The molecule has 1 aromatic heterocycles. The van der Waals surface area contributed by atoms with Crippen LogP contribution in [0.4, 0.5) is 0 Å². The summed E-state index contributed by atoms with van der Waals surface area (Å²) in [5.74, 6) is -13.3. The predicted octanol–water partition coefficient (Wildman–Crippen LogP) is -3.67. The number of rotatable bonds is 36. The number of aliphatic imine (C=N–C) groups is 1. The highest BCUT2D eigenvalue weighted by Crippen LogP contribution is 2.22. The van der Waals surface area contributed by atoms with Crippen molar-refractivity contribution in [2.24, 2.45) is 34.0 Å². The number of H-pyrrole nitrogens is 1. The molecule has 19 N–H and O–H groups in total. The molecule has 4 rings (SSSR count). The third-order valence-electron chi connectivity index (χ3n) is 14.4. The first-order chi connectivity index (χ1) is 42.2. The maximum atomic E-state index is 14.7. The molecule has 2 heterocycles. The molecule has 0 unspecified atom stereocenters. The minimum Gasteiger partial charge on any atom is -0.508 e. The van der Waals surface area contributed by atoms with Gasteiger partial charge in [0.25, 0.3) is 0 Å². The van der Waals surface area contributed by atoms with Crippen LogP contribution in [0.1, 0.15) is 83.0 Å². The molecule has 1 saturated heterocycles. The fourth-order valence-electron chi connectivity index (χ4n) is 9.28. The number of hydrogen-bond acceptors (Lipinski definition) is 17. The zero-order valence-corrected chi connectivity index (χ0v) is 50.8. The van der Waals surface area contributed by atoms with Gasteiger partial charge in [-0.2, -0.15) is 12.6 Å². The number of aromatic amines is 1. The molecule has 1 fully saturated rings. The first-order valence-corrected chi connectivity index (χ1v) is 29.5. The van der Waals surface area contributed by atoms with Crippen LogP contribution in [-0.4, -0.2) is 193 Å². The van der Waals surface area contributed by atoms with E-state index in [0.717, 1.165) is 0 Å². The Morgan fingerprint density at radius 1 is 0.697 bits per heavy atom. The molecule has 31 nitrogen and oxygen atoms in total. The van der Waals surface area contributed by atoms with E-state index in [0.29, 0.717) is 29.7 Å². The third kappa shape index (κ3) is 24.0. The molecular weight excluding hydrogens is 1180 g/mol. The number of phenolic OH excluding ortho intramolecular Hbond substituents is 1. The summed E-state index contributed by atoms with van der Waals surface area (Å²) in [6.45, 7) is 5.24. The molecular formula is C57H82N16O15S. The summed E-state index contributed by atoms with van der Waals surface area (Å²) in [6.07, 6.45) is 2.08. The van der Waals surface area contributed by atoms with Crippen LogP contribution < -0.4 is 65.1 Å². The molecule has 32 heteroatoms. The molecule has 10 atom stereocenters. The number of carbonyl (C=O) groups is 12. The van der Waals surface area contributed by atoms with Gasteiger partial charge in [0.05, 0.1) is 31.9 Å². The third-order valence-corrected chi connectivity index (χ3v) is 14.8. The number of aromatic hydroxyl groups is 1. The van der Waals surface area contributed by atoms with Crippen molar-refractivity contribution in [3.05, 3.63) is 83.9 Å². The number of carboxylic acid groups (broad SMARTS) is 2. The Morgan fingerprint density at radius 2 is 1.29 bits per heavy atom. The van der Waals surface area contributed by atoms with Crippen LogP contribution >= 0.6 is 12.6 Å². The Kier molecular flexibility index (Phi) is 29.3. The highest BCUT2D eigenvalue weighted by atomic mass is 32.1. The van der Waals surface area contributed by atoms with Gasteiger partial charge in [-0.05, 0) is 60.8 Å². The monoisotopic (exact) mass is 1260 g/mol. The average Bonchev–Trinajstić information content (AvgIpc) is 2.20. The number of nitrogens with zero attached hydrogens (tertiary/aromatic N) is 3. The number of hydrogen-bond donors (Lipinski definition) is 17. The normalized spacial score (nSPS) is 15.8. The minimum absolute atomic E-state index is 0.0143. The first kappa shape index (κ1) is 72.1. The molecule has 2 aromatic carbocycles. The first-order valence-electron chi connectivity index (χ1n) is 28.8. The lowest BCUT2D eigenvalue weighted by atomic mass is 9.96. The molecule has 0 spiro atoms. The van der Waals surface area contributed by atoms with Crippen molar-refractivity contribution >= 4 is 89.6 Å². The Morgan fingerprint density at radius 3 is 1.90 bits per heavy atom. The summed E-state index contributed by atoms with van der Waals surface area (Å²) in [6, 6.07) is 1.81. The Hall–Kier alpha value is -9.33. The molecule has 1 aliphatic rings. The van der Waals surface area contributed by atoms with Crippen molar-refractivity contribution in [2.75, 3.05) is 31.9 Å². The number of aromatic nitrogens is 2. The van der Waals surface area contributed by atoms with Crippen molar-refractivity contribution < 1.29 is 72.9 Å². The maximum absolute atomic E-state index is 14.7. The molecule has 0 bridgehead atoms. The largest absolute Gasteiger partial charge is 0.508 e. The summed E-state index contributed by atoms with van der Waals surface area (Å²) >= 11 is 3.91. The van der Waals surface area contributed by atoms with Crippen LogP contribution in [0.25, 0.3) is 0 Å². The zero-order valence-electron chi connectivity index (χ0n) is 49.9. The van der Waals surface area contributed by atoms with Gasteiger partial charge in [-0.1, -0.05) is 76.6 Å². The summed E-state index contributed by atoms with van der Waals surface area (Å²) in [4.78, 5) is 174. The average molecular weight is 1260 g/mol. The van der Waals surface area contributed by atoms with Gasteiger partial charge in [-0.25, -0.2) is 9.78 Å².